The molecule has 0 aliphatic carbocycles. The lowest BCUT2D eigenvalue weighted by Gasteiger charge is -2.15. The minimum absolute atomic E-state index is 0.0679. The van der Waals surface area contributed by atoms with Crippen LogP contribution >= 0.6 is 22.9 Å². The van der Waals surface area contributed by atoms with E-state index in [1.165, 1.54) is 11.3 Å². The highest BCUT2D eigenvalue weighted by Gasteiger charge is 2.18. The zero-order valence-electron chi connectivity index (χ0n) is 11.8. The molecule has 0 aromatic carbocycles. The predicted molar refractivity (Wildman–Crippen MR) is 83.3 cm³/mol. The second kappa shape index (κ2) is 7.31. The van der Waals surface area contributed by atoms with Gasteiger partial charge in [-0.2, -0.15) is 0 Å². The van der Waals surface area contributed by atoms with Gasteiger partial charge in [0.1, 0.15) is 4.88 Å². The lowest BCUT2D eigenvalue weighted by molar-refractivity contribution is 0.0789. The van der Waals surface area contributed by atoms with Crippen LogP contribution in [0.2, 0.25) is 0 Å². The number of carbonyl (C=O) groups is 1. The van der Waals surface area contributed by atoms with Crippen LogP contribution in [0, 0.1) is 18.8 Å². The summed E-state index contributed by atoms with van der Waals surface area (Å²) in [6.45, 7) is 2.38. The van der Waals surface area contributed by atoms with Crippen molar-refractivity contribution in [3.8, 4) is 11.8 Å². The summed E-state index contributed by atoms with van der Waals surface area (Å²) in [5, 5.41) is 14.5. The summed E-state index contributed by atoms with van der Waals surface area (Å²) >= 11 is 2.66. The lowest BCUT2D eigenvalue weighted by atomic mass is 10.2. The molecule has 2 aromatic heterocycles. The molecule has 0 bridgehead atoms. The Morgan fingerprint density at radius 3 is 3.00 bits per heavy atom. The summed E-state index contributed by atoms with van der Waals surface area (Å²) in [7, 11) is 1.76. The van der Waals surface area contributed by atoms with E-state index >= 15 is 0 Å². The number of aryl methyl sites for hydroxylation is 1. The molecule has 7 heteroatoms. The van der Waals surface area contributed by atoms with Crippen molar-refractivity contribution in [3.63, 3.8) is 0 Å². The lowest BCUT2D eigenvalue weighted by Crippen LogP contribution is -2.25. The third-order valence-corrected chi connectivity index (χ3v) is 4.42. The van der Waals surface area contributed by atoms with Crippen LogP contribution < -0.4 is 0 Å². The van der Waals surface area contributed by atoms with Gasteiger partial charge < -0.3 is 10.0 Å². The van der Waals surface area contributed by atoms with Gasteiger partial charge in [0, 0.05) is 20.0 Å². The smallest absolute Gasteiger partial charge is 0.267 e. The van der Waals surface area contributed by atoms with E-state index in [4.69, 9.17) is 5.11 Å². The quantitative estimate of drug-likeness (QED) is 0.874. The van der Waals surface area contributed by atoms with E-state index in [1.807, 2.05) is 11.4 Å². The molecule has 2 aromatic rings. The van der Waals surface area contributed by atoms with Crippen molar-refractivity contribution >= 4 is 28.8 Å². The molecule has 0 fully saturated rings. The first kappa shape index (κ1) is 15.6. The highest BCUT2D eigenvalue weighted by atomic mass is 32.1. The normalized spacial score (nSPS) is 10.0. The Morgan fingerprint density at radius 2 is 2.33 bits per heavy atom. The largest absolute Gasteiger partial charge is 0.395 e. The molecule has 5 nitrogen and oxygen atoms in total. The molecule has 21 heavy (non-hydrogen) atoms. The molecule has 0 radical (unpaired) electrons. The zero-order valence-corrected chi connectivity index (χ0v) is 13.4. The van der Waals surface area contributed by atoms with Crippen molar-refractivity contribution in [2.75, 3.05) is 13.7 Å². The van der Waals surface area contributed by atoms with Gasteiger partial charge in [0.2, 0.25) is 0 Å². The number of hydrogen-bond donors (Lipinski definition) is 1. The van der Waals surface area contributed by atoms with Crippen LogP contribution in [-0.4, -0.2) is 39.2 Å². The van der Waals surface area contributed by atoms with Gasteiger partial charge in [-0.05, 0) is 35.5 Å². The Bertz CT molecular complexity index is 682. The molecule has 0 saturated heterocycles. The molecular weight excluding hydrogens is 306 g/mol. The third-order valence-electron chi connectivity index (χ3n) is 2.71. The van der Waals surface area contributed by atoms with Crippen molar-refractivity contribution < 1.29 is 9.90 Å². The van der Waals surface area contributed by atoms with Crippen LogP contribution in [0.4, 0.5) is 0 Å². The number of nitrogens with zero attached hydrogens (tertiary/aromatic N) is 3. The predicted octanol–water partition coefficient (Wildman–Crippen LogP) is 1.91. The fraction of sp³-hybridized carbons (Fsp3) is 0.357. The molecular formula is C14H15N3O2S2. The first-order valence-electron chi connectivity index (χ1n) is 6.33. The van der Waals surface area contributed by atoms with Crippen LogP contribution in [-0.2, 0) is 6.54 Å². The second-order valence-electron chi connectivity index (χ2n) is 4.44. The summed E-state index contributed by atoms with van der Waals surface area (Å²) in [6, 6.07) is 1.97. The maximum Gasteiger partial charge on any atom is 0.267 e. The molecule has 0 unspecified atom stereocenters. The molecule has 0 atom stereocenters. The Kier molecular flexibility index (Phi) is 5.44. The molecule has 1 amide bonds. The summed E-state index contributed by atoms with van der Waals surface area (Å²) in [5.41, 5.74) is 1.71. The highest BCUT2D eigenvalue weighted by molar-refractivity contribution is 7.10. The summed E-state index contributed by atoms with van der Waals surface area (Å²) in [4.78, 5) is 15.4. The van der Waals surface area contributed by atoms with Crippen molar-refractivity contribution in [2.45, 2.75) is 19.9 Å². The number of aliphatic hydroxyl groups excluding tert-OH is 1. The summed E-state index contributed by atoms with van der Waals surface area (Å²) in [6.07, 6.45) is 0.475. The third kappa shape index (κ3) is 4.11. The van der Waals surface area contributed by atoms with Crippen LogP contribution in [0.15, 0.2) is 11.4 Å². The minimum atomic E-state index is -0.0679. The second-order valence-corrected chi connectivity index (χ2v) is 6.11. The van der Waals surface area contributed by atoms with E-state index in [2.05, 4.69) is 21.4 Å². The van der Waals surface area contributed by atoms with E-state index in [-0.39, 0.29) is 12.5 Å². The maximum atomic E-state index is 12.3. The summed E-state index contributed by atoms with van der Waals surface area (Å²) in [5.74, 6) is 5.81. The first-order valence-corrected chi connectivity index (χ1v) is 7.98. The van der Waals surface area contributed by atoms with Gasteiger partial charge in [-0.3, -0.25) is 4.79 Å². The molecule has 110 valence electrons. The maximum absolute atomic E-state index is 12.3. The Morgan fingerprint density at radius 1 is 1.52 bits per heavy atom. The number of carbonyl (C=O) groups excluding carboxylic acids is 1. The zero-order chi connectivity index (χ0) is 15.2. The molecule has 0 spiro atoms. The Labute approximate surface area is 131 Å². The van der Waals surface area contributed by atoms with Gasteiger partial charge in [0.15, 0.2) is 0 Å². The van der Waals surface area contributed by atoms with E-state index < -0.39 is 0 Å². The van der Waals surface area contributed by atoms with Gasteiger partial charge >= 0.3 is 0 Å². The fourth-order valence-electron chi connectivity index (χ4n) is 1.68. The number of hydrogen-bond acceptors (Lipinski definition) is 6. The van der Waals surface area contributed by atoms with Gasteiger partial charge in [-0.25, -0.2) is 0 Å². The van der Waals surface area contributed by atoms with Gasteiger partial charge in [0.05, 0.1) is 17.2 Å². The topological polar surface area (TPSA) is 66.3 Å². The molecule has 0 aliphatic rings. The molecule has 2 heterocycles. The van der Waals surface area contributed by atoms with Crippen molar-refractivity contribution in [1.82, 2.24) is 14.5 Å². The van der Waals surface area contributed by atoms with E-state index in [1.54, 1.807) is 18.9 Å². The number of aliphatic hydroxyl groups is 1. The Hall–Kier alpha value is -1.75. The summed E-state index contributed by atoms with van der Waals surface area (Å²) < 4.78 is 3.79. The molecule has 0 aliphatic heterocycles. The standard InChI is InChI=1S/C14H15N3O2S2/c1-10-13(21-16-15-10)14(19)17(2)8-11-7-12(20-9-11)5-3-4-6-18/h7,9,18H,4,6,8H2,1-2H3. The SMILES string of the molecule is Cc1nnsc1C(=O)N(C)Cc1csc(C#CCCO)c1. The first-order chi connectivity index (χ1) is 10.1. The molecule has 0 saturated carbocycles. The molecule has 1 N–H and O–H groups in total. The average molecular weight is 321 g/mol. The van der Waals surface area contributed by atoms with Crippen LogP contribution in [0.25, 0.3) is 0 Å². The van der Waals surface area contributed by atoms with E-state index in [9.17, 15) is 4.79 Å². The van der Waals surface area contributed by atoms with Gasteiger partial charge in [0.25, 0.3) is 5.91 Å². The van der Waals surface area contributed by atoms with Crippen molar-refractivity contribution in [3.05, 3.63) is 32.5 Å². The van der Waals surface area contributed by atoms with Crippen molar-refractivity contribution in [1.29, 1.82) is 0 Å². The number of thiophene rings is 1. The van der Waals surface area contributed by atoms with Crippen molar-refractivity contribution in [2.24, 2.45) is 0 Å². The van der Waals surface area contributed by atoms with E-state index in [0.29, 0.717) is 23.5 Å². The number of amides is 1. The van der Waals surface area contributed by atoms with Crippen LogP contribution in [0.1, 0.15) is 32.2 Å². The highest BCUT2D eigenvalue weighted by Crippen LogP contribution is 2.17. The minimum Gasteiger partial charge on any atom is -0.395 e. The number of aromatic nitrogens is 2. The average Bonchev–Trinajstić information content (AvgIpc) is 3.07. The van der Waals surface area contributed by atoms with Gasteiger partial charge in [-0.1, -0.05) is 16.3 Å². The van der Waals surface area contributed by atoms with Crippen LogP contribution in [0.5, 0.6) is 0 Å². The van der Waals surface area contributed by atoms with Crippen LogP contribution in [0.3, 0.4) is 0 Å². The monoisotopic (exact) mass is 321 g/mol. The Balaban J connectivity index is 2.00. The molecule has 2 rings (SSSR count). The van der Waals surface area contributed by atoms with E-state index in [0.717, 1.165) is 22.0 Å². The number of rotatable bonds is 4. The van der Waals surface area contributed by atoms with Gasteiger partial charge in [-0.15, -0.1) is 16.4 Å². The fourth-order valence-corrected chi connectivity index (χ4v) is 3.10.